The van der Waals surface area contributed by atoms with E-state index in [1.807, 2.05) is 95.5 Å². The molecule has 2 aliphatic heterocycles. The van der Waals surface area contributed by atoms with Gasteiger partial charge in [-0.15, -0.1) is 22.7 Å². The van der Waals surface area contributed by atoms with Gasteiger partial charge in [-0.2, -0.15) is 0 Å². The number of aromatic nitrogens is 4. The summed E-state index contributed by atoms with van der Waals surface area (Å²) in [5, 5.41) is 14.3. The van der Waals surface area contributed by atoms with Crippen molar-refractivity contribution in [3.8, 4) is 11.8 Å². The number of ether oxygens (including phenoxy) is 2. The maximum atomic E-state index is 12.6. The maximum Gasteiger partial charge on any atom is 0.410 e. The molecule has 2 fully saturated rings. The second kappa shape index (κ2) is 22.7. The molecule has 0 unspecified atom stereocenters. The molecular formula is C52H62N10O6S2. The summed E-state index contributed by atoms with van der Waals surface area (Å²) in [5.74, 6) is 7.66. The first-order chi connectivity index (χ1) is 33.4. The molecule has 0 atom stereocenters. The van der Waals surface area contributed by atoms with Crippen LogP contribution in [0.25, 0.3) is 21.5 Å². The Kier molecular flexibility index (Phi) is 16.6. The second-order valence-corrected chi connectivity index (χ2v) is 21.2. The van der Waals surface area contributed by atoms with E-state index < -0.39 is 11.2 Å². The van der Waals surface area contributed by atoms with Crippen LogP contribution in [-0.2, 0) is 29.0 Å². The van der Waals surface area contributed by atoms with Crippen LogP contribution >= 0.6 is 22.7 Å². The molecule has 4 aromatic heterocycles. The van der Waals surface area contributed by atoms with E-state index in [0.29, 0.717) is 59.4 Å². The van der Waals surface area contributed by atoms with Crippen LogP contribution in [0, 0.1) is 23.7 Å². The molecule has 2 saturated heterocycles. The molecular weight excluding hydrogens is 925 g/mol. The Morgan fingerprint density at radius 3 is 1.69 bits per heavy atom. The molecule has 0 spiro atoms. The number of pyridine rings is 2. The topological polar surface area (TPSA) is 221 Å². The first-order valence-corrected chi connectivity index (χ1v) is 25.3. The van der Waals surface area contributed by atoms with Crippen LogP contribution in [0.5, 0.6) is 0 Å². The molecule has 6 heterocycles. The van der Waals surface area contributed by atoms with Crippen LogP contribution in [-0.4, -0.2) is 91.1 Å². The van der Waals surface area contributed by atoms with Crippen molar-refractivity contribution in [3.63, 3.8) is 0 Å². The number of thiazole rings is 2. The number of piperidine rings is 2. The van der Waals surface area contributed by atoms with E-state index in [9.17, 15) is 19.2 Å². The average molecular weight is 987 g/mol. The lowest BCUT2D eigenvalue weighted by atomic mass is 9.92. The number of nitrogens with two attached hydrogens (primary N) is 2. The Balaban J connectivity index is 0.000000206. The summed E-state index contributed by atoms with van der Waals surface area (Å²) < 4.78 is 10.9. The third kappa shape index (κ3) is 14.6. The van der Waals surface area contributed by atoms with Gasteiger partial charge in [-0.25, -0.2) is 29.5 Å². The summed E-state index contributed by atoms with van der Waals surface area (Å²) in [6, 6.07) is 15.5. The third-order valence-electron chi connectivity index (χ3n) is 11.7. The number of hydrogen-bond acceptors (Lipinski definition) is 14. The molecule has 0 aliphatic carbocycles. The van der Waals surface area contributed by atoms with Crippen molar-refractivity contribution in [1.29, 1.82) is 0 Å². The molecule has 2 aromatic carbocycles. The molecule has 4 amide bonds. The number of benzene rings is 2. The number of nitrogens with one attached hydrogen (secondary N) is 2. The van der Waals surface area contributed by atoms with Gasteiger partial charge < -0.3 is 41.4 Å². The summed E-state index contributed by atoms with van der Waals surface area (Å²) in [5.41, 5.74) is 14.3. The lowest BCUT2D eigenvalue weighted by Crippen LogP contribution is -2.41. The van der Waals surface area contributed by atoms with Gasteiger partial charge in [0.2, 0.25) is 0 Å². The predicted octanol–water partition coefficient (Wildman–Crippen LogP) is 8.99. The maximum absolute atomic E-state index is 12.6. The molecule has 0 bridgehead atoms. The number of anilines is 2. The van der Waals surface area contributed by atoms with Crippen LogP contribution < -0.4 is 22.1 Å². The highest BCUT2D eigenvalue weighted by Crippen LogP contribution is 2.26. The van der Waals surface area contributed by atoms with Crippen molar-refractivity contribution < 1.29 is 28.7 Å². The van der Waals surface area contributed by atoms with Crippen LogP contribution in [0.2, 0.25) is 0 Å². The van der Waals surface area contributed by atoms with Gasteiger partial charge in [0, 0.05) is 79.1 Å². The van der Waals surface area contributed by atoms with Crippen molar-refractivity contribution in [1.82, 2.24) is 40.4 Å². The third-order valence-corrected chi connectivity index (χ3v) is 13.4. The molecule has 6 N–H and O–H groups in total. The largest absolute Gasteiger partial charge is 0.444 e. The van der Waals surface area contributed by atoms with Gasteiger partial charge in [-0.1, -0.05) is 30.2 Å². The van der Waals surface area contributed by atoms with Gasteiger partial charge in [0.05, 0.1) is 5.69 Å². The number of nitrogen functional groups attached to an aromatic ring is 2. The molecule has 8 rings (SSSR count). The normalized spacial score (nSPS) is 14.5. The fraction of sp³-hybridized carbons (Fsp3) is 0.423. The standard InChI is InChI=1S/C26H33N5O3S.C26H29N5O3S/c2*1-26(2,3)34-25(33)31-12-9-17(10-13-31)4-6-20-16-35-24(30-20)23(32)29-15-18-5-7-21-19(14-18)8-11-28-22(21)27/h5,7-8,11,14,16-17H,4,6,9-10,12-13,15H2,1-3H3,(H2,27,28)(H,29,32);5,7-8,11,14,16-17H,9-10,12-13,15H2,1-3H3,(H2,27,28)(H,29,32). The van der Waals surface area contributed by atoms with Crippen LogP contribution in [0.3, 0.4) is 0 Å². The molecule has 18 heteroatoms. The Morgan fingerprint density at radius 2 is 1.17 bits per heavy atom. The fourth-order valence-corrected chi connectivity index (χ4v) is 9.42. The smallest absolute Gasteiger partial charge is 0.410 e. The van der Waals surface area contributed by atoms with Crippen LogP contribution in [0.15, 0.2) is 71.7 Å². The van der Waals surface area contributed by atoms with Gasteiger partial charge >= 0.3 is 12.2 Å². The molecule has 6 aromatic rings. The minimum Gasteiger partial charge on any atom is -0.444 e. The lowest BCUT2D eigenvalue weighted by Gasteiger charge is -2.33. The summed E-state index contributed by atoms with van der Waals surface area (Å²) in [6.45, 7) is 14.7. The van der Waals surface area contributed by atoms with Crippen molar-refractivity contribution in [3.05, 3.63) is 104 Å². The zero-order valence-corrected chi connectivity index (χ0v) is 42.3. The van der Waals surface area contributed by atoms with Gasteiger partial charge in [-0.05, 0) is 138 Å². The van der Waals surface area contributed by atoms with Crippen molar-refractivity contribution in [2.75, 3.05) is 37.6 Å². The predicted molar refractivity (Wildman–Crippen MR) is 275 cm³/mol. The van der Waals surface area contributed by atoms with E-state index in [1.165, 1.54) is 22.7 Å². The summed E-state index contributed by atoms with van der Waals surface area (Å²) >= 11 is 2.65. The van der Waals surface area contributed by atoms with Gasteiger partial charge in [0.15, 0.2) is 10.0 Å². The quantitative estimate of drug-likeness (QED) is 0.0998. The van der Waals surface area contributed by atoms with E-state index in [-0.39, 0.29) is 29.9 Å². The minimum absolute atomic E-state index is 0.166. The van der Waals surface area contributed by atoms with Crippen molar-refractivity contribution in [2.24, 2.45) is 11.8 Å². The molecule has 16 nitrogen and oxygen atoms in total. The Morgan fingerprint density at radius 1 is 0.686 bits per heavy atom. The van der Waals surface area contributed by atoms with E-state index in [0.717, 1.165) is 90.0 Å². The zero-order chi connectivity index (χ0) is 50.0. The van der Waals surface area contributed by atoms with Gasteiger partial charge in [0.1, 0.15) is 28.5 Å². The van der Waals surface area contributed by atoms with Gasteiger partial charge in [0.25, 0.3) is 11.8 Å². The van der Waals surface area contributed by atoms with Crippen LogP contribution in [0.4, 0.5) is 21.2 Å². The number of likely N-dealkylation sites (tertiary alicyclic amines) is 2. The molecule has 70 heavy (non-hydrogen) atoms. The zero-order valence-electron chi connectivity index (χ0n) is 40.7. The first kappa shape index (κ1) is 51.0. The average Bonchev–Trinajstić information content (AvgIpc) is 4.02. The number of rotatable bonds is 9. The van der Waals surface area contributed by atoms with E-state index >= 15 is 0 Å². The lowest BCUT2D eigenvalue weighted by molar-refractivity contribution is 0.0176. The minimum atomic E-state index is -0.496. The summed E-state index contributed by atoms with van der Waals surface area (Å²) in [4.78, 5) is 70.2. The summed E-state index contributed by atoms with van der Waals surface area (Å²) in [6.07, 6.45) is 8.19. The van der Waals surface area contributed by atoms with Gasteiger partial charge in [-0.3, -0.25) is 9.59 Å². The number of nitrogens with zero attached hydrogens (tertiary/aromatic N) is 6. The fourth-order valence-electron chi connectivity index (χ4n) is 7.99. The molecule has 0 saturated carbocycles. The molecule has 368 valence electrons. The number of hydrogen-bond donors (Lipinski definition) is 4. The number of aryl methyl sites for hydroxylation is 1. The monoisotopic (exact) mass is 986 g/mol. The number of amides is 4. The number of carbonyl (C=O) groups excluding carboxylic acids is 4. The number of fused-ring (bicyclic) bond motifs is 2. The van der Waals surface area contributed by atoms with Crippen molar-refractivity contribution >= 4 is 79.9 Å². The Bertz CT molecular complexity index is 2880. The van der Waals surface area contributed by atoms with Crippen LogP contribution in [0.1, 0.15) is 116 Å². The second-order valence-electron chi connectivity index (χ2n) is 19.5. The van der Waals surface area contributed by atoms with Crippen molar-refractivity contribution in [2.45, 2.75) is 104 Å². The number of carbonyl (C=O) groups is 4. The molecule has 2 aliphatic rings. The molecule has 0 radical (unpaired) electrons. The Hall–Kier alpha value is -6.84. The SMILES string of the molecule is CC(C)(C)OC(=O)N1CCC(C#Cc2csc(C(=O)NCc3ccc4c(N)nccc4c3)n2)CC1.CC(C)(C)OC(=O)N1CCC(CCc2csc(C(=O)NCc3ccc4c(N)nccc4c3)n2)CC1. The highest BCUT2D eigenvalue weighted by molar-refractivity contribution is 7.12. The Labute approximate surface area is 417 Å². The highest BCUT2D eigenvalue weighted by atomic mass is 32.1. The summed E-state index contributed by atoms with van der Waals surface area (Å²) in [7, 11) is 0. The van der Waals surface area contributed by atoms with E-state index in [4.69, 9.17) is 20.9 Å². The van der Waals surface area contributed by atoms with E-state index in [1.54, 1.807) is 27.6 Å². The van der Waals surface area contributed by atoms with E-state index in [2.05, 4.69) is 42.4 Å². The highest BCUT2D eigenvalue weighted by Gasteiger charge is 2.28. The first-order valence-electron chi connectivity index (χ1n) is 23.6.